The summed E-state index contributed by atoms with van der Waals surface area (Å²) in [6, 6.07) is 4.93. The van der Waals surface area contributed by atoms with Gasteiger partial charge in [-0.05, 0) is 18.1 Å². The van der Waals surface area contributed by atoms with E-state index in [1.807, 2.05) is 18.5 Å². The van der Waals surface area contributed by atoms with Crippen molar-refractivity contribution in [3.8, 4) is 0 Å². The van der Waals surface area contributed by atoms with Gasteiger partial charge in [0.15, 0.2) is 0 Å². The molecule has 0 aliphatic heterocycles. The van der Waals surface area contributed by atoms with Gasteiger partial charge in [0, 0.05) is 12.1 Å². The molecule has 1 aromatic carbocycles. The van der Waals surface area contributed by atoms with Crippen molar-refractivity contribution in [1.82, 2.24) is 5.48 Å². The lowest BCUT2D eigenvalue weighted by atomic mass is 10.1. The Hall–Kier alpha value is -0.930. The van der Waals surface area contributed by atoms with Gasteiger partial charge in [-0.3, -0.25) is 0 Å². The smallest absolute Gasteiger partial charge is 0.128 e. The Morgan fingerprint density at radius 1 is 1.50 bits per heavy atom. The predicted molar refractivity (Wildman–Crippen MR) is 44.4 cm³/mol. The number of nitrogens with one attached hydrogen (secondary N) is 1. The fourth-order valence-corrected chi connectivity index (χ4v) is 1.21. The van der Waals surface area contributed by atoms with E-state index >= 15 is 0 Å². The van der Waals surface area contributed by atoms with Crippen LogP contribution in [0.3, 0.4) is 0 Å². The first kappa shape index (κ1) is 9.16. The summed E-state index contributed by atoms with van der Waals surface area (Å²) in [4.78, 5) is 0. The minimum Gasteiger partial charge on any atom is -0.316 e. The third kappa shape index (κ3) is 1.81. The Bertz CT molecular complexity index is 263. The summed E-state index contributed by atoms with van der Waals surface area (Å²) in [6.45, 7) is 2.12. The Kier molecular flexibility index (Phi) is 3.19. The van der Waals surface area contributed by atoms with Crippen molar-refractivity contribution in [2.45, 2.75) is 19.9 Å². The molecule has 0 aliphatic rings. The second-order valence-electron chi connectivity index (χ2n) is 2.57. The van der Waals surface area contributed by atoms with Gasteiger partial charge < -0.3 is 5.21 Å². The molecule has 1 rings (SSSR count). The van der Waals surface area contributed by atoms with Crippen molar-refractivity contribution < 1.29 is 9.60 Å². The van der Waals surface area contributed by atoms with Crippen molar-refractivity contribution in [1.29, 1.82) is 0 Å². The summed E-state index contributed by atoms with van der Waals surface area (Å²) in [7, 11) is 0. The standard InChI is InChI=1S/C9H12FNO/c1-2-7-4-3-5-9(10)8(7)6-11-12/h3-5,11-12H,2,6H2,1H3. The Labute approximate surface area is 71.0 Å². The first-order chi connectivity index (χ1) is 5.79. The molecule has 0 unspecified atom stereocenters. The van der Waals surface area contributed by atoms with Crippen LogP contribution in [-0.2, 0) is 13.0 Å². The predicted octanol–water partition coefficient (Wildman–Crippen LogP) is 1.87. The minimum atomic E-state index is -0.268. The Morgan fingerprint density at radius 2 is 2.25 bits per heavy atom. The summed E-state index contributed by atoms with van der Waals surface area (Å²) in [5.41, 5.74) is 3.43. The average molecular weight is 169 g/mol. The molecule has 0 aromatic heterocycles. The van der Waals surface area contributed by atoms with Crippen molar-refractivity contribution >= 4 is 0 Å². The zero-order valence-electron chi connectivity index (χ0n) is 6.97. The van der Waals surface area contributed by atoms with Crippen molar-refractivity contribution in [3.05, 3.63) is 35.1 Å². The van der Waals surface area contributed by atoms with Crippen LogP contribution in [0.5, 0.6) is 0 Å². The maximum Gasteiger partial charge on any atom is 0.128 e. The summed E-state index contributed by atoms with van der Waals surface area (Å²) in [6.07, 6.45) is 0.773. The van der Waals surface area contributed by atoms with E-state index in [0.29, 0.717) is 5.56 Å². The first-order valence-electron chi connectivity index (χ1n) is 3.92. The normalized spacial score (nSPS) is 10.2. The molecule has 0 saturated carbocycles. The number of hydroxylamine groups is 1. The van der Waals surface area contributed by atoms with Crippen LogP contribution in [-0.4, -0.2) is 5.21 Å². The van der Waals surface area contributed by atoms with Gasteiger partial charge in [0.1, 0.15) is 5.82 Å². The molecule has 2 nitrogen and oxygen atoms in total. The number of benzene rings is 1. The van der Waals surface area contributed by atoms with Gasteiger partial charge in [0.05, 0.1) is 0 Å². The van der Waals surface area contributed by atoms with Gasteiger partial charge in [0.2, 0.25) is 0 Å². The lowest BCUT2D eigenvalue weighted by Gasteiger charge is -2.06. The van der Waals surface area contributed by atoms with Crippen LogP contribution in [0.4, 0.5) is 4.39 Å². The van der Waals surface area contributed by atoms with Crippen LogP contribution in [0, 0.1) is 5.82 Å². The van der Waals surface area contributed by atoms with Gasteiger partial charge in [-0.15, -0.1) is 0 Å². The van der Waals surface area contributed by atoms with Crippen LogP contribution >= 0.6 is 0 Å². The molecule has 0 bridgehead atoms. The van der Waals surface area contributed by atoms with Gasteiger partial charge in [-0.1, -0.05) is 19.1 Å². The number of hydrogen-bond donors (Lipinski definition) is 2. The quantitative estimate of drug-likeness (QED) is 0.677. The molecule has 3 heteroatoms. The highest BCUT2D eigenvalue weighted by Gasteiger charge is 2.05. The SMILES string of the molecule is CCc1cccc(F)c1CNO. The van der Waals surface area contributed by atoms with E-state index in [1.54, 1.807) is 6.07 Å². The van der Waals surface area contributed by atoms with Gasteiger partial charge >= 0.3 is 0 Å². The molecule has 0 amide bonds. The third-order valence-electron chi connectivity index (χ3n) is 1.85. The number of rotatable bonds is 3. The molecule has 0 spiro atoms. The molecule has 0 fully saturated rings. The van der Waals surface area contributed by atoms with Gasteiger partial charge in [-0.2, -0.15) is 0 Å². The lowest BCUT2D eigenvalue weighted by Crippen LogP contribution is -2.10. The van der Waals surface area contributed by atoms with E-state index in [2.05, 4.69) is 0 Å². The summed E-state index contributed by atoms with van der Waals surface area (Å²) in [5, 5.41) is 8.45. The zero-order chi connectivity index (χ0) is 8.97. The van der Waals surface area contributed by atoms with Gasteiger partial charge in [0.25, 0.3) is 0 Å². The fraction of sp³-hybridized carbons (Fsp3) is 0.333. The number of hydrogen-bond acceptors (Lipinski definition) is 2. The maximum absolute atomic E-state index is 13.1. The Balaban J connectivity index is 3.02. The molecule has 0 atom stereocenters. The maximum atomic E-state index is 13.1. The molecular formula is C9H12FNO. The zero-order valence-corrected chi connectivity index (χ0v) is 6.97. The second kappa shape index (κ2) is 4.18. The average Bonchev–Trinajstić information content (AvgIpc) is 2.09. The highest BCUT2D eigenvalue weighted by Crippen LogP contribution is 2.13. The van der Waals surface area contributed by atoms with Crippen LogP contribution in [0.15, 0.2) is 18.2 Å². The first-order valence-corrected chi connectivity index (χ1v) is 3.92. The van der Waals surface area contributed by atoms with Crippen molar-refractivity contribution in [2.75, 3.05) is 0 Å². The molecule has 0 aliphatic carbocycles. The van der Waals surface area contributed by atoms with Crippen LogP contribution in [0.2, 0.25) is 0 Å². The van der Waals surface area contributed by atoms with E-state index < -0.39 is 0 Å². The van der Waals surface area contributed by atoms with E-state index in [-0.39, 0.29) is 12.4 Å². The highest BCUT2D eigenvalue weighted by molar-refractivity contribution is 5.28. The van der Waals surface area contributed by atoms with Gasteiger partial charge in [-0.25, -0.2) is 9.87 Å². The summed E-state index contributed by atoms with van der Waals surface area (Å²) in [5.74, 6) is -0.268. The number of aryl methyl sites for hydroxylation is 1. The van der Waals surface area contributed by atoms with E-state index in [9.17, 15) is 4.39 Å². The fourth-order valence-electron chi connectivity index (χ4n) is 1.21. The van der Waals surface area contributed by atoms with E-state index in [4.69, 9.17) is 5.21 Å². The molecule has 1 aromatic rings. The largest absolute Gasteiger partial charge is 0.316 e. The molecule has 2 N–H and O–H groups in total. The molecule has 0 saturated heterocycles. The third-order valence-corrected chi connectivity index (χ3v) is 1.85. The summed E-state index contributed by atoms with van der Waals surface area (Å²) < 4.78 is 13.1. The molecule has 12 heavy (non-hydrogen) atoms. The Morgan fingerprint density at radius 3 is 2.83 bits per heavy atom. The van der Waals surface area contributed by atoms with Crippen LogP contribution in [0.1, 0.15) is 18.1 Å². The van der Waals surface area contributed by atoms with Crippen molar-refractivity contribution in [2.24, 2.45) is 0 Å². The van der Waals surface area contributed by atoms with Crippen LogP contribution < -0.4 is 5.48 Å². The molecule has 0 radical (unpaired) electrons. The second-order valence-corrected chi connectivity index (χ2v) is 2.57. The van der Waals surface area contributed by atoms with Crippen molar-refractivity contribution in [3.63, 3.8) is 0 Å². The highest BCUT2D eigenvalue weighted by atomic mass is 19.1. The summed E-state index contributed by atoms with van der Waals surface area (Å²) >= 11 is 0. The monoisotopic (exact) mass is 169 g/mol. The molecular weight excluding hydrogens is 157 g/mol. The molecule has 66 valence electrons. The topological polar surface area (TPSA) is 32.3 Å². The van der Waals surface area contributed by atoms with E-state index in [0.717, 1.165) is 12.0 Å². The van der Waals surface area contributed by atoms with Crippen LogP contribution in [0.25, 0.3) is 0 Å². The lowest BCUT2D eigenvalue weighted by molar-refractivity contribution is 0.159. The minimum absolute atomic E-state index is 0.163. The molecule has 0 heterocycles. The van der Waals surface area contributed by atoms with E-state index in [1.165, 1.54) is 6.07 Å². The number of halogens is 1.